The highest BCUT2D eigenvalue weighted by Crippen LogP contribution is 2.21. The van der Waals surface area contributed by atoms with Crippen LogP contribution in [0.3, 0.4) is 0 Å². The van der Waals surface area contributed by atoms with E-state index in [-0.39, 0.29) is 6.10 Å². The van der Waals surface area contributed by atoms with Crippen molar-refractivity contribution in [2.75, 3.05) is 26.2 Å². The lowest BCUT2D eigenvalue weighted by atomic mass is 10.1. The molecule has 2 aliphatic heterocycles. The van der Waals surface area contributed by atoms with E-state index in [9.17, 15) is 5.11 Å². The molecule has 0 unspecified atom stereocenters. The summed E-state index contributed by atoms with van der Waals surface area (Å²) in [5.41, 5.74) is 1.33. The molecule has 1 N–H and O–H groups in total. The molecule has 0 atom stereocenters. The summed E-state index contributed by atoms with van der Waals surface area (Å²) in [5.74, 6) is 0.996. The normalized spacial score (nSPS) is 22.2. The second-order valence-electron chi connectivity index (χ2n) is 7.60. The average molecular weight is 332 g/mol. The van der Waals surface area contributed by atoms with Gasteiger partial charge in [0.05, 0.1) is 6.10 Å². The van der Waals surface area contributed by atoms with Gasteiger partial charge in [-0.25, -0.2) is 0 Å². The maximum Gasteiger partial charge on any atom is 0.119 e. The molecule has 24 heavy (non-hydrogen) atoms. The third-order valence-corrected chi connectivity index (χ3v) is 5.40. The number of ether oxygens (including phenoxy) is 1. The molecule has 2 heterocycles. The molecule has 0 bridgehead atoms. The Bertz CT molecular complexity index is 487. The van der Waals surface area contributed by atoms with Crippen molar-refractivity contribution in [3.63, 3.8) is 0 Å². The molecule has 2 aliphatic rings. The number of benzene rings is 1. The molecule has 0 aromatic heterocycles. The highest BCUT2D eigenvalue weighted by Gasteiger charge is 2.22. The summed E-state index contributed by atoms with van der Waals surface area (Å²) in [5, 5.41) is 9.59. The lowest BCUT2D eigenvalue weighted by Crippen LogP contribution is -2.41. The van der Waals surface area contributed by atoms with Gasteiger partial charge in [0.25, 0.3) is 0 Å². The van der Waals surface area contributed by atoms with E-state index in [0.717, 1.165) is 64.2 Å². The topological polar surface area (TPSA) is 35.9 Å². The van der Waals surface area contributed by atoms with E-state index in [4.69, 9.17) is 4.74 Å². The highest BCUT2D eigenvalue weighted by molar-refractivity contribution is 5.27. The smallest absolute Gasteiger partial charge is 0.119 e. The summed E-state index contributed by atoms with van der Waals surface area (Å²) in [6, 6.07) is 9.24. The molecule has 134 valence electrons. The van der Waals surface area contributed by atoms with Gasteiger partial charge in [0.1, 0.15) is 11.9 Å². The van der Waals surface area contributed by atoms with Crippen molar-refractivity contribution in [1.82, 2.24) is 9.80 Å². The van der Waals surface area contributed by atoms with Crippen LogP contribution in [0.2, 0.25) is 0 Å². The molecule has 0 aliphatic carbocycles. The number of rotatable bonds is 5. The van der Waals surface area contributed by atoms with E-state index in [0.29, 0.717) is 12.1 Å². The minimum absolute atomic E-state index is 0.0980. The van der Waals surface area contributed by atoms with Gasteiger partial charge < -0.3 is 14.7 Å². The van der Waals surface area contributed by atoms with Gasteiger partial charge in [0.2, 0.25) is 0 Å². The van der Waals surface area contributed by atoms with Gasteiger partial charge in [-0.05, 0) is 57.2 Å². The monoisotopic (exact) mass is 332 g/mol. The largest absolute Gasteiger partial charge is 0.490 e. The van der Waals surface area contributed by atoms with E-state index in [1.807, 2.05) is 0 Å². The van der Waals surface area contributed by atoms with Gasteiger partial charge in [0, 0.05) is 38.8 Å². The Labute approximate surface area is 146 Å². The van der Waals surface area contributed by atoms with Crippen LogP contribution in [0.1, 0.15) is 45.1 Å². The number of aliphatic hydroxyl groups excluding tert-OH is 1. The number of piperidine rings is 2. The van der Waals surface area contributed by atoms with Crippen molar-refractivity contribution >= 4 is 0 Å². The van der Waals surface area contributed by atoms with Crippen LogP contribution < -0.4 is 4.74 Å². The van der Waals surface area contributed by atoms with Crippen LogP contribution in [0.4, 0.5) is 0 Å². The van der Waals surface area contributed by atoms with E-state index in [1.165, 1.54) is 5.56 Å². The zero-order valence-corrected chi connectivity index (χ0v) is 15.2. The van der Waals surface area contributed by atoms with E-state index in [2.05, 4.69) is 47.9 Å². The number of likely N-dealkylation sites (tertiary alicyclic amines) is 2. The predicted octanol–water partition coefficient (Wildman–Crippen LogP) is 2.89. The summed E-state index contributed by atoms with van der Waals surface area (Å²) in [6.45, 7) is 9.77. The van der Waals surface area contributed by atoms with Crippen molar-refractivity contribution in [2.24, 2.45) is 0 Å². The molecule has 1 aromatic carbocycles. The van der Waals surface area contributed by atoms with Crippen LogP contribution in [-0.4, -0.2) is 59.3 Å². The first kappa shape index (κ1) is 17.7. The Balaban J connectivity index is 1.45. The van der Waals surface area contributed by atoms with E-state index in [1.54, 1.807) is 0 Å². The average Bonchev–Trinajstić information content (AvgIpc) is 2.59. The van der Waals surface area contributed by atoms with Gasteiger partial charge in [-0.1, -0.05) is 12.1 Å². The molecular weight excluding hydrogens is 300 g/mol. The summed E-state index contributed by atoms with van der Waals surface area (Å²) in [4.78, 5) is 4.95. The summed E-state index contributed by atoms with van der Waals surface area (Å²) < 4.78 is 6.17. The second-order valence-corrected chi connectivity index (χ2v) is 7.60. The lowest BCUT2D eigenvalue weighted by Gasteiger charge is -2.34. The zero-order valence-electron chi connectivity index (χ0n) is 15.2. The van der Waals surface area contributed by atoms with Gasteiger partial charge in [0.15, 0.2) is 0 Å². The Morgan fingerprint density at radius 2 is 1.62 bits per heavy atom. The molecule has 4 nitrogen and oxygen atoms in total. The maximum absolute atomic E-state index is 9.59. The summed E-state index contributed by atoms with van der Waals surface area (Å²) in [7, 11) is 0. The van der Waals surface area contributed by atoms with Gasteiger partial charge in [-0.3, -0.25) is 4.90 Å². The fraction of sp³-hybridized carbons (Fsp3) is 0.700. The first-order valence-electron chi connectivity index (χ1n) is 9.50. The fourth-order valence-electron chi connectivity index (χ4n) is 3.71. The fourth-order valence-corrected chi connectivity index (χ4v) is 3.71. The lowest BCUT2D eigenvalue weighted by molar-refractivity contribution is 0.0791. The van der Waals surface area contributed by atoms with Gasteiger partial charge in [-0.15, -0.1) is 0 Å². The Morgan fingerprint density at radius 3 is 2.21 bits per heavy atom. The Morgan fingerprint density at radius 1 is 1.00 bits per heavy atom. The van der Waals surface area contributed by atoms with Crippen molar-refractivity contribution < 1.29 is 9.84 Å². The molecule has 1 aromatic rings. The number of aliphatic hydroxyl groups is 1. The van der Waals surface area contributed by atoms with E-state index < -0.39 is 0 Å². The number of hydrogen-bond acceptors (Lipinski definition) is 4. The van der Waals surface area contributed by atoms with Crippen molar-refractivity contribution in [2.45, 2.75) is 64.3 Å². The summed E-state index contributed by atoms with van der Waals surface area (Å²) >= 11 is 0. The van der Waals surface area contributed by atoms with Gasteiger partial charge in [-0.2, -0.15) is 0 Å². The van der Waals surface area contributed by atoms with Crippen LogP contribution in [0.5, 0.6) is 5.75 Å². The SMILES string of the molecule is CC(C)N1CCC(Oc2ccc(CN3CCC(O)CC3)cc2)CC1. The van der Waals surface area contributed by atoms with Crippen LogP contribution >= 0.6 is 0 Å². The second kappa shape index (κ2) is 8.32. The van der Waals surface area contributed by atoms with Crippen molar-refractivity contribution in [3.05, 3.63) is 29.8 Å². The number of nitrogens with zero attached hydrogens (tertiary/aromatic N) is 2. The molecular formula is C20H32N2O2. The zero-order chi connectivity index (χ0) is 16.9. The number of hydrogen-bond donors (Lipinski definition) is 1. The minimum Gasteiger partial charge on any atom is -0.490 e. The third-order valence-electron chi connectivity index (χ3n) is 5.40. The third kappa shape index (κ3) is 4.95. The molecule has 0 radical (unpaired) electrons. The quantitative estimate of drug-likeness (QED) is 0.899. The Hall–Kier alpha value is -1.10. The molecule has 2 fully saturated rings. The predicted molar refractivity (Wildman–Crippen MR) is 97.3 cm³/mol. The molecule has 0 saturated carbocycles. The van der Waals surface area contributed by atoms with E-state index >= 15 is 0 Å². The van der Waals surface area contributed by atoms with Crippen molar-refractivity contribution in [3.8, 4) is 5.75 Å². The van der Waals surface area contributed by atoms with Crippen LogP contribution in [-0.2, 0) is 6.54 Å². The maximum atomic E-state index is 9.59. The highest BCUT2D eigenvalue weighted by atomic mass is 16.5. The summed E-state index contributed by atoms with van der Waals surface area (Å²) in [6.07, 6.45) is 4.30. The Kier molecular flexibility index (Phi) is 6.14. The molecule has 4 heteroatoms. The molecule has 0 amide bonds. The molecule has 3 rings (SSSR count). The van der Waals surface area contributed by atoms with Gasteiger partial charge >= 0.3 is 0 Å². The van der Waals surface area contributed by atoms with Crippen molar-refractivity contribution in [1.29, 1.82) is 0 Å². The molecule has 2 saturated heterocycles. The van der Waals surface area contributed by atoms with Crippen LogP contribution in [0.15, 0.2) is 24.3 Å². The first-order chi connectivity index (χ1) is 11.6. The standard InChI is InChI=1S/C20H32N2O2/c1-16(2)22-13-9-20(10-14-22)24-19-5-3-17(4-6-19)15-21-11-7-18(23)8-12-21/h3-6,16,18,20,23H,7-15H2,1-2H3. The molecule has 0 spiro atoms. The van der Waals surface area contributed by atoms with Crippen LogP contribution in [0, 0.1) is 0 Å². The van der Waals surface area contributed by atoms with Crippen LogP contribution in [0.25, 0.3) is 0 Å². The minimum atomic E-state index is -0.0980. The first-order valence-corrected chi connectivity index (χ1v) is 9.50.